The number of nitrogens with one attached hydrogen (secondary N) is 2. The quantitative estimate of drug-likeness (QED) is 0.772. The second-order valence-corrected chi connectivity index (χ2v) is 6.54. The smallest absolute Gasteiger partial charge is 0.253 e. The zero-order chi connectivity index (χ0) is 16.8. The molecule has 1 aliphatic carbocycles. The fraction of sp³-hybridized carbons (Fsp3) is 0.529. The summed E-state index contributed by atoms with van der Waals surface area (Å²) in [6.45, 7) is 2.02. The van der Waals surface area contributed by atoms with E-state index in [-0.39, 0.29) is 30.3 Å². The molecule has 6 heteroatoms. The minimum absolute atomic E-state index is 0.173. The Labute approximate surface area is 142 Å². The number of anilines is 1. The summed E-state index contributed by atoms with van der Waals surface area (Å²) in [6.07, 6.45) is 5.53. The molecule has 23 heavy (non-hydrogen) atoms. The van der Waals surface area contributed by atoms with Gasteiger partial charge in [-0.3, -0.25) is 9.59 Å². The van der Waals surface area contributed by atoms with Crippen molar-refractivity contribution in [2.45, 2.75) is 45.1 Å². The summed E-state index contributed by atoms with van der Waals surface area (Å²) in [7, 11) is 0. The fourth-order valence-electron chi connectivity index (χ4n) is 2.66. The number of halogens is 1. The average Bonchev–Trinajstić information content (AvgIpc) is 2.56. The molecule has 1 aliphatic rings. The van der Waals surface area contributed by atoms with Gasteiger partial charge in [0.05, 0.1) is 10.6 Å². The third-order valence-electron chi connectivity index (χ3n) is 4.22. The van der Waals surface area contributed by atoms with Crippen LogP contribution >= 0.6 is 11.6 Å². The molecule has 0 aliphatic heterocycles. The maximum absolute atomic E-state index is 12.4. The van der Waals surface area contributed by atoms with Gasteiger partial charge in [0.25, 0.3) is 5.91 Å². The summed E-state index contributed by atoms with van der Waals surface area (Å²) < 4.78 is 0. The van der Waals surface area contributed by atoms with E-state index in [4.69, 9.17) is 17.3 Å². The second kappa shape index (κ2) is 8.31. The van der Waals surface area contributed by atoms with E-state index in [1.807, 2.05) is 0 Å². The predicted molar refractivity (Wildman–Crippen MR) is 92.6 cm³/mol. The number of carbonyl (C=O) groups is 2. The Morgan fingerprint density at radius 1 is 1.30 bits per heavy atom. The highest BCUT2D eigenvalue weighted by Gasteiger charge is 2.19. The molecule has 2 amide bonds. The highest BCUT2D eigenvalue weighted by Crippen LogP contribution is 2.23. The molecule has 2 rings (SSSR count). The van der Waals surface area contributed by atoms with E-state index in [0.29, 0.717) is 16.3 Å². The van der Waals surface area contributed by atoms with Crippen LogP contribution in [0.1, 0.15) is 49.4 Å². The summed E-state index contributed by atoms with van der Waals surface area (Å²) in [5.41, 5.74) is 6.42. The van der Waals surface area contributed by atoms with Crippen molar-refractivity contribution in [3.05, 3.63) is 28.8 Å². The first-order valence-corrected chi connectivity index (χ1v) is 8.50. The molecule has 0 heterocycles. The number of carbonyl (C=O) groups excluding carboxylic acids is 2. The summed E-state index contributed by atoms with van der Waals surface area (Å²) >= 11 is 6.14. The lowest BCUT2D eigenvalue weighted by atomic mass is 9.95. The molecule has 1 saturated carbocycles. The third-order valence-corrected chi connectivity index (χ3v) is 4.55. The van der Waals surface area contributed by atoms with Crippen LogP contribution in [0.4, 0.5) is 5.69 Å². The Hall–Kier alpha value is -1.59. The Morgan fingerprint density at radius 3 is 2.65 bits per heavy atom. The Bertz CT molecular complexity index is 571. The predicted octanol–water partition coefficient (Wildman–Crippen LogP) is 2.94. The number of hydrogen-bond acceptors (Lipinski definition) is 3. The van der Waals surface area contributed by atoms with Crippen molar-refractivity contribution in [1.82, 2.24) is 5.32 Å². The van der Waals surface area contributed by atoms with E-state index in [1.54, 1.807) is 25.1 Å². The molecular formula is C17H24ClN3O2. The molecule has 0 radical (unpaired) electrons. The lowest BCUT2D eigenvalue weighted by molar-refractivity contribution is -0.119. The van der Waals surface area contributed by atoms with E-state index in [1.165, 1.54) is 6.42 Å². The molecule has 0 spiro atoms. The minimum atomic E-state index is -0.287. The van der Waals surface area contributed by atoms with Crippen molar-refractivity contribution in [3.63, 3.8) is 0 Å². The van der Waals surface area contributed by atoms with Crippen molar-refractivity contribution in [2.24, 2.45) is 11.7 Å². The number of benzene rings is 1. The van der Waals surface area contributed by atoms with Gasteiger partial charge in [-0.1, -0.05) is 37.8 Å². The van der Waals surface area contributed by atoms with Crippen molar-refractivity contribution < 1.29 is 9.59 Å². The summed E-state index contributed by atoms with van der Waals surface area (Å²) in [5.74, 6) is -0.650. The van der Waals surface area contributed by atoms with Crippen LogP contribution in [0.25, 0.3) is 0 Å². The Morgan fingerprint density at radius 2 is 2.00 bits per heavy atom. The Balaban J connectivity index is 2.07. The maximum Gasteiger partial charge on any atom is 0.253 e. The van der Waals surface area contributed by atoms with Crippen LogP contribution in [-0.4, -0.2) is 24.4 Å². The van der Waals surface area contributed by atoms with Crippen molar-refractivity contribution in [2.75, 3.05) is 11.9 Å². The SMILES string of the molecule is CC(CN)C(=O)Nc1ccc(Cl)c(C(=O)NC2CCCCC2)c1. The number of hydrogen-bond donors (Lipinski definition) is 3. The fourth-order valence-corrected chi connectivity index (χ4v) is 2.86. The minimum Gasteiger partial charge on any atom is -0.349 e. The van der Waals surface area contributed by atoms with Gasteiger partial charge in [0.15, 0.2) is 0 Å². The topological polar surface area (TPSA) is 84.2 Å². The largest absolute Gasteiger partial charge is 0.349 e. The average molecular weight is 338 g/mol. The lowest BCUT2D eigenvalue weighted by Gasteiger charge is -2.23. The molecule has 4 N–H and O–H groups in total. The molecule has 1 unspecified atom stereocenters. The molecule has 1 fully saturated rings. The molecule has 1 aromatic rings. The summed E-state index contributed by atoms with van der Waals surface area (Å²) in [5, 5.41) is 6.17. The van der Waals surface area contributed by atoms with Gasteiger partial charge < -0.3 is 16.4 Å². The lowest BCUT2D eigenvalue weighted by Crippen LogP contribution is -2.36. The monoisotopic (exact) mass is 337 g/mol. The molecule has 5 nitrogen and oxygen atoms in total. The van der Waals surface area contributed by atoms with Gasteiger partial charge in [-0.15, -0.1) is 0 Å². The van der Waals surface area contributed by atoms with Crippen LogP contribution in [0, 0.1) is 5.92 Å². The third kappa shape index (κ3) is 4.94. The Kier molecular flexibility index (Phi) is 6.42. The van der Waals surface area contributed by atoms with Gasteiger partial charge in [0.2, 0.25) is 5.91 Å². The number of amides is 2. The van der Waals surface area contributed by atoms with Gasteiger partial charge in [-0.2, -0.15) is 0 Å². The molecule has 1 atom stereocenters. The molecule has 0 aromatic heterocycles. The van der Waals surface area contributed by atoms with Gasteiger partial charge in [0.1, 0.15) is 0 Å². The summed E-state index contributed by atoms with van der Waals surface area (Å²) in [4.78, 5) is 24.3. The molecule has 126 valence electrons. The van der Waals surface area contributed by atoms with E-state index in [0.717, 1.165) is 25.7 Å². The van der Waals surface area contributed by atoms with Crippen LogP contribution in [0.3, 0.4) is 0 Å². The standard InChI is InChI=1S/C17H24ClN3O2/c1-11(10-19)16(22)21-13-7-8-15(18)14(9-13)17(23)20-12-5-3-2-4-6-12/h7-9,11-12H,2-6,10,19H2,1H3,(H,20,23)(H,21,22). The van der Waals surface area contributed by atoms with E-state index in [9.17, 15) is 9.59 Å². The van der Waals surface area contributed by atoms with Gasteiger partial charge in [-0.05, 0) is 31.0 Å². The first-order valence-electron chi connectivity index (χ1n) is 8.12. The normalized spacial score (nSPS) is 16.7. The van der Waals surface area contributed by atoms with E-state index < -0.39 is 0 Å². The van der Waals surface area contributed by atoms with Gasteiger partial charge in [-0.25, -0.2) is 0 Å². The molecule has 0 bridgehead atoms. The molecule has 1 aromatic carbocycles. The highest BCUT2D eigenvalue weighted by atomic mass is 35.5. The molecular weight excluding hydrogens is 314 g/mol. The number of rotatable bonds is 5. The van der Waals surface area contributed by atoms with Crippen LogP contribution in [0.2, 0.25) is 5.02 Å². The molecule has 0 saturated heterocycles. The van der Waals surface area contributed by atoms with Crippen LogP contribution in [0.15, 0.2) is 18.2 Å². The van der Waals surface area contributed by atoms with Crippen LogP contribution in [0.5, 0.6) is 0 Å². The van der Waals surface area contributed by atoms with Crippen molar-refractivity contribution >= 4 is 29.1 Å². The zero-order valence-corrected chi connectivity index (χ0v) is 14.2. The first kappa shape index (κ1) is 17.8. The van der Waals surface area contributed by atoms with E-state index >= 15 is 0 Å². The van der Waals surface area contributed by atoms with Gasteiger partial charge in [0, 0.05) is 24.2 Å². The van der Waals surface area contributed by atoms with Gasteiger partial charge >= 0.3 is 0 Å². The zero-order valence-electron chi connectivity index (χ0n) is 13.4. The highest BCUT2D eigenvalue weighted by molar-refractivity contribution is 6.34. The summed E-state index contributed by atoms with van der Waals surface area (Å²) in [6, 6.07) is 5.13. The first-order chi connectivity index (χ1) is 11.0. The number of nitrogens with two attached hydrogens (primary N) is 1. The maximum atomic E-state index is 12.4. The van der Waals surface area contributed by atoms with Crippen LogP contribution < -0.4 is 16.4 Å². The van der Waals surface area contributed by atoms with E-state index in [2.05, 4.69) is 10.6 Å². The second-order valence-electron chi connectivity index (χ2n) is 6.13. The van der Waals surface area contributed by atoms with Crippen molar-refractivity contribution in [1.29, 1.82) is 0 Å². The van der Waals surface area contributed by atoms with Crippen molar-refractivity contribution in [3.8, 4) is 0 Å². The van der Waals surface area contributed by atoms with Crippen LogP contribution in [-0.2, 0) is 4.79 Å².